The Labute approximate surface area is 167 Å². The highest BCUT2D eigenvalue weighted by molar-refractivity contribution is 6.00. The maximum Gasteiger partial charge on any atom is 0.323 e. The highest BCUT2D eigenvalue weighted by Gasteiger charge is 2.13. The van der Waals surface area contributed by atoms with Crippen LogP contribution < -0.4 is 10.6 Å². The van der Waals surface area contributed by atoms with E-state index in [4.69, 9.17) is 0 Å². The van der Waals surface area contributed by atoms with Gasteiger partial charge in [0.25, 0.3) is 0 Å². The Hall–Kier alpha value is -4.00. The molecule has 4 aromatic rings. The number of carbonyl (C=O) groups is 1. The number of carbonyl (C=O) groups excluding carboxylic acids is 1. The Morgan fingerprint density at radius 1 is 0.931 bits per heavy atom. The van der Waals surface area contributed by atoms with Crippen molar-refractivity contribution in [1.82, 2.24) is 14.8 Å². The lowest BCUT2D eigenvalue weighted by Crippen LogP contribution is -2.19. The maximum absolute atomic E-state index is 13.0. The van der Waals surface area contributed by atoms with Gasteiger partial charge in [0.05, 0.1) is 0 Å². The van der Waals surface area contributed by atoms with Gasteiger partial charge in [0.15, 0.2) is 0 Å². The molecule has 144 valence electrons. The second-order valence-electron chi connectivity index (χ2n) is 6.47. The predicted octanol–water partition coefficient (Wildman–Crippen LogP) is 4.93. The molecule has 4 rings (SSSR count). The van der Waals surface area contributed by atoms with Crippen LogP contribution in [0.4, 0.5) is 20.6 Å². The second-order valence-corrected chi connectivity index (χ2v) is 6.47. The van der Waals surface area contributed by atoms with E-state index < -0.39 is 6.03 Å². The molecule has 6 nitrogen and oxygen atoms in total. The van der Waals surface area contributed by atoms with Crippen molar-refractivity contribution in [3.63, 3.8) is 0 Å². The lowest BCUT2D eigenvalue weighted by molar-refractivity contribution is 0.262. The van der Waals surface area contributed by atoms with Gasteiger partial charge in [-0.2, -0.15) is 5.10 Å². The van der Waals surface area contributed by atoms with Gasteiger partial charge in [0, 0.05) is 48.1 Å². The number of aryl methyl sites for hydroxylation is 1. The van der Waals surface area contributed by atoms with Gasteiger partial charge in [-0.25, -0.2) is 9.18 Å². The van der Waals surface area contributed by atoms with Gasteiger partial charge in [-0.3, -0.25) is 9.67 Å². The molecule has 0 aliphatic rings. The highest BCUT2D eigenvalue weighted by atomic mass is 19.1. The van der Waals surface area contributed by atoms with Crippen LogP contribution in [-0.4, -0.2) is 20.8 Å². The Morgan fingerprint density at radius 3 is 2.41 bits per heavy atom. The quantitative estimate of drug-likeness (QED) is 0.521. The number of nitrogens with one attached hydrogen (secondary N) is 2. The summed E-state index contributed by atoms with van der Waals surface area (Å²) < 4.78 is 14.8. The van der Waals surface area contributed by atoms with Gasteiger partial charge in [-0.15, -0.1) is 0 Å². The molecule has 0 atom stereocenters. The fourth-order valence-electron chi connectivity index (χ4n) is 3.01. The summed E-state index contributed by atoms with van der Waals surface area (Å²) in [5, 5.41) is 10.0. The lowest BCUT2D eigenvalue weighted by Gasteiger charge is -2.09. The number of pyridine rings is 1. The van der Waals surface area contributed by atoms with E-state index >= 15 is 0 Å². The molecule has 29 heavy (non-hydrogen) atoms. The number of hydrogen-bond donors (Lipinski definition) is 2. The lowest BCUT2D eigenvalue weighted by atomic mass is 10.0. The minimum atomic E-state index is -0.408. The summed E-state index contributed by atoms with van der Waals surface area (Å²) in [7, 11) is 1.87. The van der Waals surface area contributed by atoms with Crippen LogP contribution in [0.2, 0.25) is 0 Å². The Morgan fingerprint density at radius 2 is 1.66 bits per heavy atom. The zero-order chi connectivity index (χ0) is 20.2. The van der Waals surface area contributed by atoms with Crippen LogP contribution in [-0.2, 0) is 7.05 Å². The SMILES string of the molecule is Cn1cc(-c2cccc(NC(=O)Nc3ccc(F)cc3)c2)c(-c2ccncc2)n1. The predicted molar refractivity (Wildman–Crippen MR) is 111 cm³/mol. The fraction of sp³-hybridized carbons (Fsp3) is 0.0455. The molecule has 0 saturated carbocycles. The third kappa shape index (κ3) is 4.30. The Kier molecular flexibility index (Phi) is 5.03. The molecular formula is C22H18FN5O. The van der Waals surface area contributed by atoms with Gasteiger partial charge in [0.1, 0.15) is 11.5 Å². The molecule has 2 heterocycles. The molecule has 7 heteroatoms. The molecule has 0 fully saturated rings. The smallest absolute Gasteiger partial charge is 0.308 e. The molecule has 0 unspecified atom stereocenters. The van der Waals surface area contributed by atoms with Crippen LogP contribution in [0.3, 0.4) is 0 Å². The number of halogens is 1. The monoisotopic (exact) mass is 387 g/mol. The number of aromatic nitrogens is 3. The molecule has 0 bridgehead atoms. The van der Waals surface area contributed by atoms with Crippen molar-refractivity contribution in [1.29, 1.82) is 0 Å². The van der Waals surface area contributed by atoms with Gasteiger partial charge in [-0.1, -0.05) is 12.1 Å². The number of urea groups is 1. The van der Waals surface area contributed by atoms with Crippen molar-refractivity contribution >= 4 is 17.4 Å². The summed E-state index contributed by atoms with van der Waals surface area (Å²) in [5.41, 5.74) is 4.80. The summed E-state index contributed by atoms with van der Waals surface area (Å²) >= 11 is 0. The van der Waals surface area contributed by atoms with E-state index in [1.165, 1.54) is 24.3 Å². The molecule has 2 aromatic heterocycles. The standard InChI is InChI=1S/C22H18FN5O/c1-28-14-20(21(27-28)15-9-11-24-12-10-15)16-3-2-4-19(13-16)26-22(29)25-18-7-5-17(23)6-8-18/h2-14H,1H3,(H2,25,26,29). The van der Waals surface area contributed by atoms with E-state index in [1.807, 2.05) is 43.6 Å². The van der Waals surface area contributed by atoms with Crippen molar-refractivity contribution in [3.8, 4) is 22.4 Å². The normalized spacial score (nSPS) is 10.6. The van der Waals surface area contributed by atoms with Gasteiger partial charge in [0.2, 0.25) is 0 Å². The first-order valence-corrected chi connectivity index (χ1v) is 8.96. The number of nitrogens with zero attached hydrogens (tertiary/aromatic N) is 3. The number of anilines is 2. The topological polar surface area (TPSA) is 71.8 Å². The molecule has 2 amide bonds. The number of benzene rings is 2. The first-order valence-electron chi connectivity index (χ1n) is 8.96. The average Bonchev–Trinajstić information content (AvgIpc) is 3.12. The van der Waals surface area contributed by atoms with Crippen LogP contribution >= 0.6 is 0 Å². The summed E-state index contributed by atoms with van der Waals surface area (Å²) in [4.78, 5) is 16.3. The van der Waals surface area contributed by atoms with Crippen LogP contribution in [0, 0.1) is 5.82 Å². The molecule has 0 spiro atoms. The van der Waals surface area contributed by atoms with Crippen LogP contribution in [0.25, 0.3) is 22.4 Å². The van der Waals surface area contributed by atoms with E-state index in [0.717, 1.165) is 22.4 Å². The summed E-state index contributed by atoms with van der Waals surface area (Å²) in [6, 6.07) is 16.5. The van der Waals surface area contributed by atoms with Crippen molar-refractivity contribution in [2.24, 2.45) is 7.05 Å². The fourth-order valence-corrected chi connectivity index (χ4v) is 3.01. The van der Waals surface area contributed by atoms with Crippen LogP contribution in [0.1, 0.15) is 0 Å². The van der Waals surface area contributed by atoms with Crippen molar-refractivity contribution in [3.05, 3.63) is 85.1 Å². The van der Waals surface area contributed by atoms with E-state index in [-0.39, 0.29) is 5.82 Å². The van der Waals surface area contributed by atoms with Crippen molar-refractivity contribution in [2.75, 3.05) is 10.6 Å². The molecule has 2 N–H and O–H groups in total. The molecule has 0 aliphatic carbocycles. The largest absolute Gasteiger partial charge is 0.323 e. The number of hydrogen-bond acceptors (Lipinski definition) is 3. The van der Waals surface area contributed by atoms with Crippen molar-refractivity contribution < 1.29 is 9.18 Å². The zero-order valence-electron chi connectivity index (χ0n) is 15.6. The average molecular weight is 387 g/mol. The molecule has 2 aromatic carbocycles. The van der Waals surface area contributed by atoms with Crippen molar-refractivity contribution in [2.45, 2.75) is 0 Å². The highest BCUT2D eigenvalue weighted by Crippen LogP contribution is 2.31. The minimum Gasteiger partial charge on any atom is -0.308 e. The molecule has 0 radical (unpaired) electrons. The summed E-state index contributed by atoms with van der Waals surface area (Å²) in [6.45, 7) is 0. The Bertz CT molecular complexity index is 1140. The number of rotatable bonds is 4. The van der Waals surface area contributed by atoms with E-state index in [2.05, 4.69) is 20.7 Å². The van der Waals surface area contributed by atoms with E-state index in [9.17, 15) is 9.18 Å². The van der Waals surface area contributed by atoms with E-state index in [0.29, 0.717) is 11.4 Å². The summed E-state index contributed by atoms with van der Waals surface area (Å²) in [5.74, 6) is -0.356. The first kappa shape index (κ1) is 18.4. The zero-order valence-corrected chi connectivity index (χ0v) is 15.6. The van der Waals surface area contributed by atoms with E-state index in [1.54, 1.807) is 23.1 Å². The maximum atomic E-state index is 13.0. The van der Waals surface area contributed by atoms with Crippen LogP contribution in [0.5, 0.6) is 0 Å². The molecular weight excluding hydrogens is 369 g/mol. The van der Waals surface area contributed by atoms with Gasteiger partial charge < -0.3 is 10.6 Å². The second kappa shape index (κ2) is 7.93. The molecule has 0 aliphatic heterocycles. The first-order chi connectivity index (χ1) is 14.1. The third-order valence-corrected chi connectivity index (χ3v) is 4.32. The van der Waals surface area contributed by atoms with Gasteiger partial charge in [-0.05, 0) is 54.1 Å². The molecule has 0 saturated heterocycles. The summed E-state index contributed by atoms with van der Waals surface area (Å²) in [6.07, 6.45) is 5.39. The Balaban J connectivity index is 1.57. The van der Waals surface area contributed by atoms with Crippen LogP contribution in [0.15, 0.2) is 79.3 Å². The minimum absolute atomic E-state index is 0.356. The number of amides is 2. The third-order valence-electron chi connectivity index (χ3n) is 4.32. The van der Waals surface area contributed by atoms with Gasteiger partial charge >= 0.3 is 6.03 Å².